The Hall–Kier alpha value is -1.85. The summed E-state index contributed by atoms with van der Waals surface area (Å²) in [5.41, 5.74) is 0.703. The first-order valence-corrected chi connectivity index (χ1v) is 6.21. The van der Waals surface area contributed by atoms with E-state index in [0.717, 1.165) is 25.9 Å². The van der Waals surface area contributed by atoms with E-state index >= 15 is 0 Å². The largest absolute Gasteiger partial charge is 0.435 e. The summed E-state index contributed by atoms with van der Waals surface area (Å²) in [4.78, 5) is 13.6. The van der Waals surface area contributed by atoms with Crippen LogP contribution >= 0.6 is 0 Å². The maximum Gasteiger partial charge on any atom is 0.387 e. The highest BCUT2D eigenvalue weighted by Gasteiger charge is 2.17. The molecule has 1 aliphatic rings. The molecule has 1 aromatic carbocycles. The van der Waals surface area contributed by atoms with Crippen LogP contribution in [-0.4, -0.2) is 37.1 Å². The fourth-order valence-corrected chi connectivity index (χ4v) is 2.01. The van der Waals surface area contributed by atoms with Crippen LogP contribution in [-0.2, 0) is 4.79 Å². The number of nitrogens with zero attached hydrogens (tertiary/aromatic N) is 1. The molecule has 4 nitrogen and oxygen atoms in total. The van der Waals surface area contributed by atoms with Crippen LogP contribution in [0.1, 0.15) is 12.8 Å². The molecule has 1 aliphatic heterocycles. The van der Waals surface area contributed by atoms with Crippen LogP contribution in [0, 0.1) is 0 Å². The Bertz CT molecular complexity index is 417. The van der Waals surface area contributed by atoms with E-state index in [4.69, 9.17) is 0 Å². The summed E-state index contributed by atoms with van der Waals surface area (Å²) in [7, 11) is 0. The first-order valence-electron chi connectivity index (χ1n) is 6.21. The van der Waals surface area contributed by atoms with Crippen LogP contribution in [0.3, 0.4) is 0 Å². The van der Waals surface area contributed by atoms with E-state index < -0.39 is 6.61 Å². The molecule has 0 bridgehead atoms. The van der Waals surface area contributed by atoms with E-state index in [1.54, 1.807) is 12.1 Å². The fraction of sp³-hybridized carbons (Fsp3) is 0.462. The first kappa shape index (κ1) is 13.6. The minimum absolute atomic E-state index is 0.0606. The molecule has 1 heterocycles. The van der Waals surface area contributed by atoms with Gasteiger partial charge >= 0.3 is 6.61 Å². The van der Waals surface area contributed by atoms with Crippen LogP contribution in [0.5, 0.6) is 5.75 Å². The van der Waals surface area contributed by atoms with E-state index in [0.29, 0.717) is 5.69 Å². The lowest BCUT2D eigenvalue weighted by atomic mass is 10.3. The Labute approximate surface area is 110 Å². The third-order valence-electron chi connectivity index (χ3n) is 2.98. The van der Waals surface area contributed by atoms with Crippen molar-refractivity contribution < 1.29 is 18.3 Å². The average Bonchev–Trinajstić information content (AvgIpc) is 2.91. The molecule has 6 heteroatoms. The number of likely N-dealkylation sites (tertiary alicyclic amines) is 1. The zero-order valence-corrected chi connectivity index (χ0v) is 10.4. The van der Waals surface area contributed by atoms with Crippen LogP contribution in [0.15, 0.2) is 24.3 Å². The maximum absolute atomic E-state index is 12.0. The molecule has 0 aliphatic carbocycles. The molecule has 0 radical (unpaired) electrons. The minimum Gasteiger partial charge on any atom is -0.435 e. The van der Waals surface area contributed by atoms with Gasteiger partial charge in [-0.25, -0.2) is 0 Å². The van der Waals surface area contributed by atoms with Gasteiger partial charge < -0.3 is 15.0 Å². The quantitative estimate of drug-likeness (QED) is 0.892. The second kappa shape index (κ2) is 6.36. The Morgan fingerprint density at radius 1 is 1.26 bits per heavy atom. The van der Waals surface area contributed by atoms with Crippen LogP contribution in [0.4, 0.5) is 14.5 Å². The van der Waals surface area contributed by atoms with Gasteiger partial charge in [-0.2, -0.15) is 8.78 Å². The van der Waals surface area contributed by atoms with Crippen molar-refractivity contribution in [2.75, 3.05) is 25.0 Å². The molecule has 1 aromatic rings. The number of carbonyl (C=O) groups excluding carboxylic acids is 1. The van der Waals surface area contributed by atoms with Crippen molar-refractivity contribution in [1.29, 1.82) is 0 Å². The van der Waals surface area contributed by atoms with Gasteiger partial charge in [0, 0.05) is 18.8 Å². The van der Waals surface area contributed by atoms with Crippen molar-refractivity contribution in [1.82, 2.24) is 4.90 Å². The molecular formula is C13H16F2N2O2. The fourth-order valence-electron chi connectivity index (χ4n) is 2.01. The SMILES string of the molecule is O=C(CNc1ccc(OC(F)F)cc1)N1CCCC1. The second-order valence-corrected chi connectivity index (χ2v) is 4.34. The Kier molecular flexibility index (Phi) is 4.54. The summed E-state index contributed by atoms with van der Waals surface area (Å²) in [5, 5.41) is 2.97. The molecule has 104 valence electrons. The van der Waals surface area contributed by atoms with Crippen LogP contribution in [0.2, 0.25) is 0 Å². The second-order valence-electron chi connectivity index (χ2n) is 4.34. The number of nitrogens with one attached hydrogen (secondary N) is 1. The van der Waals surface area contributed by atoms with Gasteiger partial charge in [0.15, 0.2) is 0 Å². The van der Waals surface area contributed by atoms with Gasteiger partial charge in [-0.1, -0.05) is 0 Å². The summed E-state index contributed by atoms with van der Waals surface area (Å²) >= 11 is 0. The van der Waals surface area contributed by atoms with E-state index in [1.165, 1.54) is 12.1 Å². The minimum atomic E-state index is -2.82. The normalized spacial score (nSPS) is 14.8. The molecule has 0 saturated carbocycles. The van der Waals surface area contributed by atoms with E-state index in [9.17, 15) is 13.6 Å². The van der Waals surface area contributed by atoms with Crippen LogP contribution < -0.4 is 10.1 Å². The van der Waals surface area contributed by atoms with E-state index in [2.05, 4.69) is 10.1 Å². The van der Waals surface area contributed by atoms with Crippen molar-refractivity contribution in [3.8, 4) is 5.75 Å². The van der Waals surface area contributed by atoms with Crippen LogP contribution in [0.25, 0.3) is 0 Å². The Morgan fingerprint density at radius 2 is 1.89 bits per heavy atom. The maximum atomic E-state index is 12.0. The number of rotatable bonds is 5. The molecule has 0 spiro atoms. The molecule has 0 aromatic heterocycles. The molecule has 0 atom stereocenters. The predicted octanol–water partition coefficient (Wildman–Crippen LogP) is 2.32. The number of halogens is 2. The molecule has 1 fully saturated rings. The van der Waals surface area contributed by atoms with Gasteiger partial charge in [-0.15, -0.1) is 0 Å². The Morgan fingerprint density at radius 3 is 2.47 bits per heavy atom. The topological polar surface area (TPSA) is 41.6 Å². The predicted molar refractivity (Wildman–Crippen MR) is 67.4 cm³/mol. The van der Waals surface area contributed by atoms with Gasteiger partial charge in [-0.05, 0) is 37.1 Å². The summed E-state index contributed by atoms with van der Waals surface area (Å²) in [6, 6.07) is 6.09. The van der Waals surface area contributed by atoms with Crippen molar-refractivity contribution in [2.24, 2.45) is 0 Å². The summed E-state index contributed by atoms with van der Waals surface area (Å²) < 4.78 is 28.2. The lowest BCUT2D eigenvalue weighted by Crippen LogP contribution is -2.32. The highest BCUT2D eigenvalue weighted by atomic mass is 19.3. The summed E-state index contributed by atoms with van der Waals surface area (Å²) in [6.07, 6.45) is 2.12. The molecule has 1 N–H and O–H groups in total. The molecule has 0 unspecified atom stereocenters. The highest BCUT2D eigenvalue weighted by molar-refractivity contribution is 5.81. The lowest BCUT2D eigenvalue weighted by Gasteiger charge is -2.16. The molecular weight excluding hydrogens is 254 g/mol. The molecule has 1 amide bonds. The number of carbonyl (C=O) groups is 1. The van der Waals surface area contributed by atoms with Gasteiger partial charge in [-0.3, -0.25) is 4.79 Å². The molecule has 19 heavy (non-hydrogen) atoms. The summed E-state index contributed by atoms with van der Waals surface area (Å²) in [6.45, 7) is -0.964. The highest BCUT2D eigenvalue weighted by Crippen LogP contribution is 2.17. The number of anilines is 1. The monoisotopic (exact) mass is 270 g/mol. The average molecular weight is 270 g/mol. The first-order chi connectivity index (χ1) is 9.15. The number of ether oxygens (including phenoxy) is 1. The van der Waals surface area contributed by atoms with Crippen molar-refractivity contribution in [3.63, 3.8) is 0 Å². The number of hydrogen-bond donors (Lipinski definition) is 1. The standard InChI is InChI=1S/C13H16F2N2O2/c14-13(15)19-11-5-3-10(4-6-11)16-9-12(18)17-7-1-2-8-17/h3-6,13,16H,1-2,7-9H2. The number of amides is 1. The number of hydrogen-bond acceptors (Lipinski definition) is 3. The molecule has 1 saturated heterocycles. The zero-order valence-electron chi connectivity index (χ0n) is 10.4. The van der Waals surface area contributed by atoms with Crippen molar-refractivity contribution in [3.05, 3.63) is 24.3 Å². The third kappa shape index (κ3) is 4.08. The van der Waals surface area contributed by atoms with Crippen molar-refractivity contribution >= 4 is 11.6 Å². The lowest BCUT2D eigenvalue weighted by molar-refractivity contribution is -0.128. The van der Waals surface area contributed by atoms with Gasteiger partial charge in [0.25, 0.3) is 0 Å². The Balaban J connectivity index is 1.80. The van der Waals surface area contributed by atoms with Gasteiger partial charge in [0.2, 0.25) is 5.91 Å². The number of alkyl halides is 2. The summed E-state index contributed by atoms with van der Waals surface area (Å²) in [5.74, 6) is 0.164. The van der Waals surface area contributed by atoms with Gasteiger partial charge in [0.1, 0.15) is 5.75 Å². The van der Waals surface area contributed by atoms with Gasteiger partial charge in [0.05, 0.1) is 6.54 Å². The zero-order chi connectivity index (χ0) is 13.7. The van der Waals surface area contributed by atoms with E-state index in [-0.39, 0.29) is 18.2 Å². The smallest absolute Gasteiger partial charge is 0.387 e. The third-order valence-corrected chi connectivity index (χ3v) is 2.98. The van der Waals surface area contributed by atoms with Crippen molar-refractivity contribution in [2.45, 2.75) is 19.5 Å². The number of benzene rings is 1. The molecule has 2 rings (SSSR count). The van der Waals surface area contributed by atoms with E-state index in [1.807, 2.05) is 4.90 Å².